The Kier molecular flexibility index (Phi) is 8.84. The van der Waals surface area contributed by atoms with E-state index in [-0.39, 0.29) is 30.2 Å². The lowest BCUT2D eigenvalue weighted by molar-refractivity contribution is 0.0936. The molecule has 0 radical (unpaired) electrons. The molecule has 0 aliphatic carbocycles. The van der Waals surface area contributed by atoms with Crippen molar-refractivity contribution in [2.24, 2.45) is 0 Å². The second-order valence-electron chi connectivity index (χ2n) is 9.23. The van der Waals surface area contributed by atoms with Crippen LogP contribution >= 0.6 is 15.9 Å². The predicted molar refractivity (Wildman–Crippen MR) is 153 cm³/mol. The molecule has 0 aliphatic rings. The molecule has 0 fully saturated rings. The number of aromatic nitrogens is 2. The summed E-state index contributed by atoms with van der Waals surface area (Å²) in [5, 5.41) is 17.8. The first-order valence-electron chi connectivity index (χ1n) is 12.5. The van der Waals surface area contributed by atoms with Gasteiger partial charge in [-0.25, -0.2) is 9.78 Å². The first kappa shape index (κ1) is 27.7. The van der Waals surface area contributed by atoms with Crippen LogP contribution in [-0.2, 0) is 6.42 Å². The molecule has 4 rings (SSSR count). The van der Waals surface area contributed by atoms with Crippen LogP contribution in [0.1, 0.15) is 35.3 Å². The van der Waals surface area contributed by atoms with Crippen LogP contribution in [0.25, 0.3) is 16.9 Å². The first-order chi connectivity index (χ1) is 18.8. The number of ether oxygens (including phenoxy) is 1. The highest BCUT2D eigenvalue weighted by atomic mass is 79.9. The van der Waals surface area contributed by atoms with Crippen molar-refractivity contribution in [1.29, 1.82) is 5.26 Å². The third-order valence-electron chi connectivity index (χ3n) is 5.96. The normalized spacial score (nSPS) is 11.6. The number of hydrogen-bond acceptors (Lipinski definition) is 5. The number of carbonyl (C=O) groups excluding carboxylic acids is 2. The Labute approximate surface area is 235 Å². The molecule has 0 unspecified atom stereocenters. The number of nitrogens with zero attached hydrogens (tertiary/aromatic N) is 3. The van der Waals surface area contributed by atoms with Gasteiger partial charge in [-0.15, -0.1) is 0 Å². The molecule has 2 aromatic carbocycles. The largest absolute Gasteiger partial charge is 0.490 e. The van der Waals surface area contributed by atoms with Crippen LogP contribution in [0.3, 0.4) is 0 Å². The molecule has 4 aromatic rings. The molecule has 0 aliphatic heterocycles. The van der Waals surface area contributed by atoms with E-state index in [4.69, 9.17) is 9.72 Å². The number of hydrogen-bond donors (Lipinski definition) is 3. The first-order valence-corrected chi connectivity index (χ1v) is 13.3. The van der Waals surface area contributed by atoms with Gasteiger partial charge in [0.25, 0.3) is 5.91 Å². The van der Waals surface area contributed by atoms with Gasteiger partial charge in [0, 0.05) is 37.1 Å². The maximum atomic E-state index is 13.1. The Balaban J connectivity index is 1.50. The number of benzene rings is 2. The SMILES string of the molecule is CNC(=O)NC[C@H](Cc1ccc(-c2cn3cccc(Br)c3n2)cc1)NC(=O)c1ccc(OC(C)C)c(C#N)c1. The van der Waals surface area contributed by atoms with Crippen molar-refractivity contribution in [3.63, 3.8) is 0 Å². The highest BCUT2D eigenvalue weighted by molar-refractivity contribution is 9.10. The van der Waals surface area contributed by atoms with Crippen LogP contribution in [-0.4, -0.2) is 47.1 Å². The van der Waals surface area contributed by atoms with E-state index in [1.807, 2.05) is 67.0 Å². The van der Waals surface area contributed by atoms with Crippen molar-refractivity contribution in [2.75, 3.05) is 13.6 Å². The van der Waals surface area contributed by atoms with Crippen LogP contribution in [0.4, 0.5) is 4.79 Å². The van der Waals surface area contributed by atoms with E-state index in [0.717, 1.165) is 26.9 Å². The van der Waals surface area contributed by atoms with Crippen molar-refractivity contribution < 1.29 is 14.3 Å². The Hall–Kier alpha value is -4.36. The Morgan fingerprint density at radius 3 is 2.59 bits per heavy atom. The van der Waals surface area contributed by atoms with Gasteiger partial charge in [0.2, 0.25) is 0 Å². The van der Waals surface area contributed by atoms with Gasteiger partial charge in [0.15, 0.2) is 5.65 Å². The Morgan fingerprint density at radius 2 is 1.92 bits per heavy atom. The van der Waals surface area contributed by atoms with Crippen molar-refractivity contribution in [1.82, 2.24) is 25.3 Å². The van der Waals surface area contributed by atoms with Crippen molar-refractivity contribution in [3.8, 4) is 23.1 Å². The summed E-state index contributed by atoms with van der Waals surface area (Å²) in [6.45, 7) is 3.96. The number of fused-ring (bicyclic) bond motifs is 1. The lowest BCUT2D eigenvalue weighted by atomic mass is 10.0. The summed E-state index contributed by atoms with van der Waals surface area (Å²) < 4.78 is 8.53. The highest BCUT2D eigenvalue weighted by Gasteiger charge is 2.18. The number of nitriles is 1. The van der Waals surface area contributed by atoms with E-state index >= 15 is 0 Å². The molecule has 0 saturated heterocycles. The van der Waals surface area contributed by atoms with E-state index in [1.165, 1.54) is 13.1 Å². The molecule has 39 heavy (non-hydrogen) atoms. The smallest absolute Gasteiger partial charge is 0.314 e. The van der Waals surface area contributed by atoms with Gasteiger partial charge in [0.05, 0.1) is 27.9 Å². The zero-order valence-corrected chi connectivity index (χ0v) is 23.5. The minimum absolute atomic E-state index is 0.0992. The number of rotatable bonds is 9. The summed E-state index contributed by atoms with van der Waals surface area (Å²) in [6.07, 6.45) is 4.30. The number of imidazole rings is 1. The second-order valence-corrected chi connectivity index (χ2v) is 10.1. The Morgan fingerprint density at radius 1 is 1.15 bits per heavy atom. The fraction of sp³-hybridized carbons (Fsp3) is 0.241. The van der Waals surface area contributed by atoms with Crippen LogP contribution in [0.2, 0.25) is 0 Å². The third kappa shape index (κ3) is 6.94. The Bertz CT molecular complexity index is 1520. The molecule has 3 N–H and O–H groups in total. The molecule has 2 heterocycles. The molecule has 2 aromatic heterocycles. The van der Waals surface area contributed by atoms with Crippen molar-refractivity contribution in [3.05, 3.63) is 88.2 Å². The predicted octanol–water partition coefficient (Wildman–Crippen LogP) is 4.69. The molecule has 1 atom stereocenters. The molecule has 0 spiro atoms. The van der Waals surface area contributed by atoms with Crippen LogP contribution in [0.5, 0.6) is 5.75 Å². The standard InChI is InChI=1S/C29H29BrN6O3/c1-18(2)39-26-11-10-21(14-22(26)15-31)28(37)34-23(16-33-29(38)32-3)13-19-6-8-20(9-7-19)25-17-36-12-4-5-24(30)27(36)35-25/h4-12,14,17-18,23H,13,16H2,1-3H3,(H,34,37)(H2,32,33,38)/t23-/m0/s1. The van der Waals surface area contributed by atoms with E-state index in [2.05, 4.69) is 37.9 Å². The quantitative estimate of drug-likeness (QED) is 0.262. The minimum Gasteiger partial charge on any atom is -0.490 e. The summed E-state index contributed by atoms with van der Waals surface area (Å²) in [5.41, 5.74) is 4.24. The average molecular weight is 589 g/mol. The zero-order chi connectivity index (χ0) is 27.9. The van der Waals surface area contributed by atoms with E-state index in [1.54, 1.807) is 12.1 Å². The van der Waals surface area contributed by atoms with Crippen molar-refractivity contribution in [2.45, 2.75) is 32.4 Å². The monoisotopic (exact) mass is 588 g/mol. The van der Waals surface area contributed by atoms with Gasteiger partial charge in [-0.2, -0.15) is 5.26 Å². The highest BCUT2D eigenvalue weighted by Crippen LogP contribution is 2.24. The number of nitrogens with one attached hydrogen (secondary N) is 3. The number of pyridine rings is 1. The van der Waals surface area contributed by atoms with E-state index in [0.29, 0.717) is 17.7 Å². The fourth-order valence-electron chi connectivity index (χ4n) is 4.08. The molecule has 10 heteroatoms. The molecule has 0 bridgehead atoms. The minimum atomic E-state index is -0.399. The molecule has 0 saturated carbocycles. The number of halogens is 1. The number of amides is 3. The van der Waals surface area contributed by atoms with Crippen LogP contribution < -0.4 is 20.7 Å². The summed E-state index contributed by atoms with van der Waals surface area (Å²) in [6, 6.07) is 18.0. The molecular formula is C29H29BrN6O3. The van der Waals surface area contributed by atoms with Crippen LogP contribution in [0.15, 0.2) is 71.5 Å². The molecular weight excluding hydrogens is 560 g/mol. The molecule has 200 valence electrons. The van der Waals surface area contributed by atoms with E-state index < -0.39 is 6.04 Å². The van der Waals surface area contributed by atoms with Gasteiger partial charge in [-0.3, -0.25) is 4.79 Å². The van der Waals surface area contributed by atoms with Gasteiger partial charge in [0.1, 0.15) is 11.8 Å². The average Bonchev–Trinajstić information content (AvgIpc) is 3.37. The lowest BCUT2D eigenvalue weighted by Crippen LogP contribution is -2.46. The maximum Gasteiger partial charge on any atom is 0.314 e. The van der Waals surface area contributed by atoms with Gasteiger partial charge < -0.3 is 25.1 Å². The topological polar surface area (TPSA) is 121 Å². The zero-order valence-electron chi connectivity index (χ0n) is 21.9. The van der Waals surface area contributed by atoms with Crippen LogP contribution in [0, 0.1) is 11.3 Å². The summed E-state index contributed by atoms with van der Waals surface area (Å²) >= 11 is 3.53. The van der Waals surface area contributed by atoms with E-state index in [9.17, 15) is 14.9 Å². The fourth-order valence-corrected chi connectivity index (χ4v) is 4.52. The van der Waals surface area contributed by atoms with Crippen molar-refractivity contribution >= 4 is 33.5 Å². The second kappa shape index (κ2) is 12.5. The van der Waals surface area contributed by atoms with Gasteiger partial charge in [-0.1, -0.05) is 24.3 Å². The number of urea groups is 1. The molecule has 9 nitrogen and oxygen atoms in total. The van der Waals surface area contributed by atoms with Gasteiger partial charge >= 0.3 is 6.03 Å². The lowest BCUT2D eigenvalue weighted by Gasteiger charge is -2.20. The summed E-state index contributed by atoms with van der Waals surface area (Å²) in [5.74, 6) is 0.0816. The van der Waals surface area contributed by atoms with Gasteiger partial charge in [-0.05, 0) is 72.1 Å². The number of carbonyl (C=O) groups is 2. The molecule has 3 amide bonds. The third-order valence-corrected chi connectivity index (χ3v) is 6.58. The maximum absolute atomic E-state index is 13.1. The summed E-state index contributed by atoms with van der Waals surface area (Å²) in [4.78, 5) is 29.7. The summed E-state index contributed by atoms with van der Waals surface area (Å²) in [7, 11) is 1.53.